The van der Waals surface area contributed by atoms with Crippen LogP contribution in [0.15, 0.2) is 10.7 Å². The van der Waals surface area contributed by atoms with E-state index in [-0.39, 0.29) is 18.6 Å². The van der Waals surface area contributed by atoms with E-state index in [4.69, 9.17) is 5.11 Å². The van der Waals surface area contributed by atoms with E-state index in [9.17, 15) is 4.79 Å². The van der Waals surface area contributed by atoms with Gasteiger partial charge in [0.1, 0.15) is 10.3 Å². The minimum Gasteiger partial charge on any atom is -0.394 e. The molecule has 1 aliphatic heterocycles. The molecular formula is C7H8BrN3O2. The number of fused-ring (bicyclic) bond motifs is 1. The molecule has 13 heavy (non-hydrogen) atoms. The van der Waals surface area contributed by atoms with Crippen molar-refractivity contribution in [3.8, 4) is 0 Å². The Morgan fingerprint density at radius 2 is 2.62 bits per heavy atom. The van der Waals surface area contributed by atoms with E-state index in [2.05, 4.69) is 26.3 Å². The number of carbonyl (C=O) groups excluding carboxylic acids is 1. The lowest BCUT2D eigenvalue weighted by Gasteiger charge is -2.22. The van der Waals surface area contributed by atoms with Gasteiger partial charge in [-0.2, -0.15) is 5.10 Å². The Morgan fingerprint density at radius 3 is 3.31 bits per heavy atom. The van der Waals surface area contributed by atoms with Crippen LogP contribution in [0.5, 0.6) is 0 Å². The number of nitrogens with zero attached hydrogens (tertiary/aromatic N) is 2. The fraction of sp³-hybridized carbons (Fsp3) is 0.429. The number of rotatable bonds is 1. The molecule has 0 bridgehead atoms. The highest BCUT2D eigenvalue weighted by atomic mass is 79.9. The summed E-state index contributed by atoms with van der Waals surface area (Å²) in [6.07, 6.45) is 0. The second-order valence-electron chi connectivity index (χ2n) is 2.84. The molecule has 6 heteroatoms. The molecule has 1 aromatic heterocycles. The Hall–Kier alpha value is -0.880. The van der Waals surface area contributed by atoms with Crippen LogP contribution >= 0.6 is 15.9 Å². The van der Waals surface area contributed by atoms with Gasteiger partial charge in [0.05, 0.1) is 12.6 Å². The molecule has 5 nitrogen and oxygen atoms in total. The molecule has 0 spiro atoms. The standard InChI is InChI=1S/C7H8BrN3O2/c8-6-1-5-7(13)9-2-4(3-12)11(5)10-6/h1,4,12H,2-3H2,(H,9,13)/t4-/m0/s1. The maximum Gasteiger partial charge on any atom is 0.269 e. The normalized spacial score (nSPS) is 21.1. The van der Waals surface area contributed by atoms with Gasteiger partial charge >= 0.3 is 0 Å². The minimum absolute atomic E-state index is 0.0264. The zero-order chi connectivity index (χ0) is 9.42. The number of aliphatic hydroxyl groups is 1. The third-order valence-electron chi connectivity index (χ3n) is 1.99. The first-order valence-corrected chi connectivity index (χ1v) is 4.66. The van der Waals surface area contributed by atoms with Gasteiger partial charge in [0, 0.05) is 12.6 Å². The summed E-state index contributed by atoms with van der Waals surface area (Å²) < 4.78 is 2.15. The molecule has 1 aromatic rings. The number of halogens is 1. The number of nitrogens with one attached hydrogen (secondary N) is 1. The van der Waals surface area contributed by atoms with E-state index >= 15 is 0 Å². The molecule has 0 unspecified atom stereocenters. The van der Waals surface area contributed by atoms with Gasteiger partial charge < -0.3 is 10.4 Å². The molecule has 2 N–H and O–H groups in total. The zero-order valence-electron chi connectivity index (χ0n) is 6.70. The van der Waals surface area contributed by atoms with Gasteiger partial charge in [-0.3, -0.25) is 9.48 Å². The van der Waals surface area contributed by atoms with Crippen molar-refractivity contribution in [1.29, 1.82) is 0 Å². The molecule has 70 valence electrons. The SMILES string of the molecule is O=C1NC[C@@H](CO)n2nc(Br)cc21. The average molecular weight is 246 g/mol. The summed E-state index contributed by atoms with van der Waals surface area (Å²) in [5.41, 5.74) is 0.483. The molecule has 0 radical (unpaired) electrons. The lowest BCUT2D eigenvalue weighted by molar-refractivity contribution is 0.0888. The largest absolute Gasteiger partial charge is 0.394 e. The lowest BCUT2D eigenvalue weighted by Crippen LogP contribution is -2.40. The topological polar surface area (TPSA) is 67.2 Å². The van der Waals surface area contributed by atoms with Crippen molar-refractivity contribution in [2.24, 2.45) is 0 Å². The summed E-state index contributed by atoms with van der Waals surface area (Å²) in [4.78, 5) is 11.3. The van der Waals surface area contributed by atoms with Crippen LogP contribution < -0.4 is 5.32 Å². The Kier molecular flexibility index (Phi) is 2.09. The summed E-state index contributed by atoms with van der Waals surface area (Å²) in [5.74, 6) is -0.150. The Morgan fingerprint density at radius 1 is 1.85 bits per heavy atom. The number of aromatic nitrogens is 2. The summed E-state index contributed by atoms with van der Waals surface area (Å²) in [6, 6.07) is 1.48. The van der Waals surface area contributed by atoms with Gasteiger partial charge in [0.25, 0.3) is 5.91 Å². The molecule has 0 saturated heterocycles. The minimum atomic E-state index is -0.154. The molecule has 0 fully saturated rings. The molecule has 0 saturated carbocycles. The predicted molar refractivity (Wildman–Crippen MR) is 48.4 cm³/mol. The fourth-order valence-corrected chi connectivity index (χ4v) is 1.73. The molecule has 2 heterocycles. The Balaban J connectivity index is 2.47. The van der Waals surface area contributed by atoms with Crippen LogP contribution in [0, 0.1) is 0 Å². The van der Waals surface area contributed by atoms with Crippen molar-refractivity contribution in [2.45, 2.75) is 6.04 Å². The average Bonchev–Trinajstić information content (AvgIpc) is 2.48. The summed E-state index contributed by atoms with van der Waals surface area (Å²) in [7, 11) is 0. The fourth-order valence-electron chi connectivity index (χ4n) is 1.34. The smallest absolute Gasteiger partial charge is 0.269 e. The van der Waals surface area contributed by atoms with Crippen LogP contribution in [0.25, 0.3) is 0 Å². The monoisotopic (exact) mass is 245 g/mol. The quantitative estimate of drug-likeness (QED) is 0.728. The highest BCUT2D eigenvalue weighted by Crippen LogP contribution is 2.18. The number of aliphatic hydroxyl groups excluding tert-OH is 1. The van der Waals surface area contributed by atoms with E-state index < -0.39 is 0 Å². The second kappa shape index (κ2) is 3.12. The van der Waals surface area contributed by atoms with Gasteiger partial charge in [-0.25, -0.2) is 0 Å². The number of hydrogen-bond acceptors (Lipinski definition) is 3. The molecule has 2 rings (SSSR count). The molecule has 0 aliphatic carbocycles. The highest BCUT2D eigenvalue weighted by molar-refractivity contribution is 9.10. The van der Waals surface area contributed by atoms with Crippen LogP contribution in [-0.4, -0.2) is 33.9 Å². The van der Waals surface area contributed by atoms with E-state index in [1.54, 1.807) is 10.7 Å². The summed E-state index contributed by atoms with van der Waals surface area (Å²) in [5, 5.41) is 15.7. The van der Waals surface area contributed by atoms with E-state index in [1.807, 2.05) is 0 Å². The van der Waals surface area contributed by atoms with Crippen molar-refractivity contribution in [1.82, 2.24) is 15.1 Å². The van der Waals surface area contributed by atoms with Gasteiger partial charge in [-0.05, 0) is 15.9 Å². The van der Waals surface area contributed by atoms with Crippen LogP contribution in [0.2, 0.25) is 0 Å². The van der Waals surface area contributed by atoms with E-state index in [0.717, 1.165) is 0 Å². The van der Waals surface area contributed by atoms with Crippen molar-refractivity contribution in [3.05, 3.63) is 16.4 Å². The molecular weight excluding hydrogens is 238 g/mol. The van der Waals surface area contributed by atoms with Crippen LogP contribution in [0.3, 0.4) is 0 Å². The first kappa shape index (κ1) is 8.71. The number of carbonyl (C=O) groups is 1. The number of hydrogen-bond donors (Lipinski definition) is 2. The van der Waals surface area contributed by atoms with Gasteiger partial charge in [0.2, 0.25) is 0 Å². The first-order valence-electron chi connectivity index (χ1n) is 3.86. The molecule has 1 aliphatic rings. The van der Waals surface area contributed by atoms with E-state index in [0.29, 0.717) is 16.8 Å². The Bertz CT molecular complexity index is 350. The lowest BCUT2D eigenvalue weighted by atomic mass is 10.2. The molecule has 0 aromatic carbocycles. The second-order valence-corrected chi connectivity index (χ2v) is 3.66. The van der Waals surface area contributed by atoms with E-state index in [1.165, 1.54) is 0 Å². The Labute approximate surface area is 82.9 Å². The maximum atomic E-state index is 11.3. The maximum absolute atomic E-state index is 11.3. The third kappa shape index (κ3) is 1.36. The molecule has 1 atom stereocenters. The third-order valence-corrected chi connectivity index (χ3v) is 2.38. The number of amides is 1. The summed E-state index contributed by atoms with van der Waals surface area (Å²) >= 11 is 3.18. The van der Waals surface area contributed by atoms with Crippen LogP contribution in [-0.2, 0) is 0 Å². The van der Waals surface area contributed by atoms with Crippen molar-refractivity contribution in [3.63, 3.8) is 0 Å². The summed E-state index contributed by atoms with van der Waals surface area (Å²) in [6.45, 7) is 0.401. The van der Waals surface area contributed by atoms with Crippen LogP contribution in [0.1, 0.15) is 16.5 Å². The van der Waals surface area contributed by atoms with Gasteiger partial charge in [-0.1, -0.05) is 0 Å². The van der Waals surface area contributed by atoms with Gasteiger partial charge in [0.15, 0.2) is 0 Å². The highest BCUT2D eigenvalue weighted by Gasteiger charge is 2.25. The molecule has 1 amide bonds. The first-order chi connectivity index (χ1) is 6.22. The van der Waals surface area contributed by atoms with Crippen molar-refractivity contribution < 1.29 is 9.90 Å². The van der Waals surface area contributed by atoms with Crippen molar-refractivity contribution >= 4 is 21.8 Å². The van der Waals surface area contributed by atoms with Crippen LogP contribution in [0.4, 0.5) is 0 Å². The van der Waals surface area contributed by atoms with Gasteiger partial charge in [-0.15, -0.1) is 0 Å². The zero-order valence-corrected chi connectivity index (χ0v) is 8.28. The predicted octanol–water partition coefficient (Wildman–Crippen LogP) is -0.0776. The van der Waals surface area contributed by atoms with Crippen molar-refractivity contribution in [2.75, 3.05) is 13.2 Å².